The molecule has 1 N–H and O–H groups in total. The fourth-order valence-electron chi connectivity index (χ4n) is 3.86. The van der Waals surface area contributed by atoms with E-state index >= 15 is 0 Å². The molecule has 2 heterocycles. The number of nitrogens with one attached hydrogen (secondary N) is 1. The summed E-state index contributed by atoms with van der Waals surface area (Å²) in [6.07, 6.45) is 2.64. The molecule has 2 aromatic carbocycles. The molecule has 4 rings (SSSR count). The topological polar surface area (TPSA) is 75.4 Å². The van der Waals surface area contributed by atoms with E-state index in [-0.39, 0.29) is 10.7 Å². The van der Waals surface area contributed by atoms with Crippen molar-refractivity contribution in [1.82, 2.24) is 14.8 Å². The van der Waals surface area contributed by atoms with Gasteiger partial charge in [0.25, 0.3) is 0 Å². The quantitative estimate of drug-likeness (QED) is 0.495. The number of rotatable bonds is 7. The minimum Gasteiger partial charge on any atom is -0.356 e. The fraction of sp³-hybridized carbons (Fsp3) is 0.381. The number of piperidine rings is 1. The summed E-state index contributed by atoms with van der Waals surface area (Å²) in [6, 6.07) is 11.1. The van der Waals surface area contributed by atoms with Gasteiger partial charge in [0.1, 0.15) is 5.82 Å². The Morgan fingerprint density at radius 3 is 2.63 bits per heavy atom. The first-order chi connectivity index (χ1) is 14.4. The third kappa shape index (κ3) is 4.91. The van der Waals surface area contributed by atoms with Crippen molar-refractivity contribution in [2.75, 3.05) is 26.2 Å². The minimum atomic E-state index is -3.48. The van der Waals surface area contributed by atoms with E-state index in [1.165, 1.54) is 12.1 Å². The predicted octanol–water partition coefficient (Wildman–Crippen LogP) is 4.28. The van der Waals surface area contributed by atoms with Crippen molar-refractivity contribution >= 4 is 36.9 Å². The van der Waals surface area contributed by atoms with Crippen molar-refractivity contribution in [2.24, 2.45) is 0 Å². The molecule has 0 atom stereocenters. The summed E-state index contributed by atoms with van der Waals surface area (Å²) in [5, 5.41) is 5.07. The lowest BCUT2D eigenvalue weighted by Crippen LogP contribution is -2.35. The van der Waals surface area contributed by atoms with Gasteiger partial charge < -0.3 is 9.42 Å². The van der Waals surface area contributed by atoms with E-state index in [1.807, 2.05) is 0 Å². The third-order valence-corrected chi connectivity index (χ3v) is 7.51. The Kier molecular flexibility index (Phi) is 6.52. The van der Waals surface area contributed by atoms with Crippen LogP contribution in [0.1, 0.15) is 30.9 Å². The summed E-state index contributed by atoms with van der Waals surface area (Å²) in [5.74, 6) is -0.0281. The number of fused-ring (bicyclic) bond motifs is 1. The van der Waals surface area contributed by atoms with Crippen LogP contribution in [-0.2, 0) is 10.0 Å². The highest BCUT2D eigenvalue weighted by atomic mass is 79.9. The molecule has 6 nitrogen and oxygen atoms in total. The minimum absolute atomic E-state index is 0.270. The van der Waals surface area contributed by atoms with Crippen molar-refractivity contribution in [2.45, 2.75) is 30.1 Å². The predicted molar refractivity (Wildman–Crippen MR) is 116 cm³/mol. The molecule has 1 fully saturated rings. The van der Waals surface area contributed by atoms with Crippen molar-refractivity contribution in [3.05, 3.63) is 58.4 Å². The Balaban J connectivity index is 1.24. The Bertz CT molecular complexity index is 1110. The molecule has 0 spiro atoms. The molecule has 1 saturated heterocycles. The van der Waals surface area contributed by atoms with Crippen LogP contribution in [0.15, 0.2) is 56.4 Å². The average Bonchev–Trinajstić information content (AvgIpc) is 3.15. The normalized spacial score (nSPS) is 16.3. The highest BCUT2D eigenvalue weighted by molar-refractivity contribution is 9.10. The van der Waals surface area contributed by atoms with Gasteiger partial charge in [-0.25, -0.2) is 17.5 Å². The van der Waals surface area contributed by atoms with Crippen LogP contribution in [-0.4, -0.2) is 44.7 Å². The van der Waals surface area contributed by atoms with Gasteiger partial charge in [-0.1, -0.05) is 21.1 Å². The molecule has 160 valence electrons. The molecule has 0 bridgehead atoms. The lowest BCUT2D eigenvalue weighted by molar-refractivity contribution is 0.208. The molecule has 1 aliphatic heterocycles. The number of likely N-dealkylation sites (tertiary alicyclic amines) is 1. The largest absolute Gasteiger partial charge is 0.356 e. The van der Waals surface area contributed by atoms with Crippen LogP contribution in [0, 0.1) is 5.82 Å². The number of benzene rings is 2. The zero-order chi connectivity index (χ0) is 21.1. The first kappa shape index (κ1) is 21.4. The van der Waals surface area contributed by atoms with Gasteiger partial charge in [0.15, 0.2) is 5.58 Å². The van der Waals surface area contributed by atoms with Gasteiger partial charge in [-0.3, -0.25) is 0 Å². The zero-order valence-electron chi connectivity index (χ0n) is 16.4. The maximum atomic E-state index is 13.3. The Morgan fingerprint density at radius 1 is 1.17 bits per heavy atom. The molecule has 0 unspecified atom stereocenters. The van der Waals surface area contributed by atoms with Gasteiger partial charge in [0.2, 0.25) is 10.0 Å². The van der Waals surface area contributed by atoms with Crippen LogP contribution in [0.4, 0.5) is 4.39 Å². The summed E-state index contributed by atoms with van der Waals surface area (Å²) in [7, 11) is -3.48. The van der Waals surface area contributed by atoms with E-state index in [2.05, 4.69) is 30.7 Å². The maximum absolute atomic E-state index is 13.3. The van der Waals surface area contributed by atoms with Crippen molar-refractivity contribution < 1.29 is 17.3 Å². The molecule has 30 heavy (non-hydrogen) atoms. The van der Waals surface area contributed by atoms with Gasteiger partial charge in [0, 0.05) is 28.4 Å². The van der Waals surface area contributed by atoms with E-state index in [9.17, 15) is 12.8 Å². The summed E-state index contributed by atoms with van der Waals surface area (Å²) in [4.78, 5) is 2.61. The second kappa shape index (κ2) is 9.13. The van der Waals surface area contributed by atoms with Crippen LogP contribution in [0.25, 0.3) is 11.0 Å². The molecule has 0 amide bonds. The first-order valence-electron chi connectivity index (χ1n) is 9.95. The molecule has 1 aliphatic rings. The van der Waals surface area contributed by atoms with E-state index in [0.717, 1.165) is 54.4 Å². The average molecular weight is 496 g/mol. The van der Waals surface area contributed by atoms with Gasteiger partial charge in [-0.05, 0) is 75.3 Å². The van der Waals surface area contributed by atoms with Gasteiger partial charge in [0.05, 0.1) is 10.6 Å². The Hall–Kier alpha value is -1.81. The van der Waals surface area contributed by atoms with Crippen LogP contribution < -0.4 is 4.72 Å². The Morgan fingerprint density at radius 2 is 1.90 bits per heavy atom. The zero-order valence-corrected chi connectivity index (χ0v) is 18.8. The monoisotopic (exact) mass is 495 g/mol. The molecule has 1 aromatic heterocycles. The molecule has 0 aliphatic carbocycles. The lowest BCUT2D eigenvalue weighted by atomic mass is 9.91. The van der Waals surface area contributed by atoms with Gasteiger partial charge in [-0.2, -0.15) is 0 Å². The van der Waals surface area contributed by atoms with Crippen molar-refractivity contribution in [1.29, 1.82) is 0 Å². The summed E-state index contributed by atoms with van der Waals surface area (Å²) >= 11 is 3.31. The van der Waals surface area contributed by atoms with Crippen molar-refractivity contribution in [3.63, 3.8) is 0 Å². The van der Waals surface area contributed by atoms with Crippen LogP contribution in [0.5, 0.6) is 0 Å². The van der Waals surface area contributed by atoms with Crippen LogP contribution >= 0.6 is 15.9 Å². The summed E-state index contributed by atoms with van der Waals surface area (Å²) in [6.45, 7) is 3.07. The lowest BCUT2D eigenvalue weighted by Gasteiger charge is -2.31. The Labute approximate surface area is 183 Å². The number of hydrogen-bond donors (Lipinski definition) is 1. The standard InChI is InChI=1S/C21H23BrFN3O3S/c22-16-2-5-18(6-3-16)30(27,28)24-10-1-11-26-12-8-15(9-13-26)21-19-7-4-17(23)14-20(19)29-25-21/h2-7,14-15,24H,1,8-13H2. The van der Waals surface area contributed by atoms with Gasteiger partial charge in [-0.15, -0.1) is 0 Å². The molecular weight excluding hydrogens is 473 g/mol. The SMILES string of the molecule is O=S(=O)(NCCCN1CCC(c2noc3cc(F)ccc23)CC1)c1ccc(Br)cc1. The molecule has 0 saturated carbocycles. The molecular formula is C21H23BrFN3O3S. The van der Waals surface area contributed by atoms with Crippen molar-refractivity contribution in [3.8, 4) is 0 Å². The van der Waals surface area contributed by atoms with E-state index in [0.29, 0.717) is 18.0 Å². The second-order valence-electron chi connectivity index (χ2n) is 7.53. The first-order valence-corrected chi connectivity index (χ1v) is 12.2. The number of hydrogen-bond acceptors (Lipinski definition) is 5. The smallest absolute Gasteiger partial charge is 0.240 e. The fourth-order valence-corrected chi connectivity index (χ4v) is 5.20. The molecule has 9 heteroatoms. The van der Waals surface area contributed by atoms with Crippen LogP contribution in [0.3, 0.4) is 0 Å². The van der Waals surface area contributed by atoms with E-state index in [1.54, 1.807) is 30.3 Å². The maximum Gasteiger partial charge on any atom is 0.240 e. The highest BCUT2D eigenvalue weighted by Crippen LogP contribution is 2.32. The summed E-state index contributed by atoms with van der Waals surface area (Å²) < 4.78 is 46.8. The number of sulfonamides is 1. The van der Waals surface area contributed by atoms with E-state index in [4.69, 9.17) is 4.52 Å². The third-order valence-electron chi connectivity index (χ3n) is 5.50. The molecule has 0 radical (unpaired) electrons. The second-order valence-corrected chi connectivity index (χ2v) is 10.2. The van der Waals surface area contributed by atoms with Crippen LogP contribution in [0.2, 0.25) is 0 Å². The number of nitrogens with zero attached hydrogens (tertiary/aromatic N) is 2. The van der Waals surface area contributed by atoms with Gasteiger partial charge >= 0.3 is 0 Å². The van der Waals surface area contributed by atoms with E-state index < -0.39 is 10.0 Å². The number of aromatic nitrogens is 1. The summed E-state index contributed by atoms with van der Waals surface area (Å²) in [5.41, 5.74) is 1.40. The number of halogens is 2. The molecule has 3 aromatic rings. The highest BCUT2D eigenvalue weighted by Gasteiger charge is 2.25.